The first-order chi connectivity index (χ1) is 13.0. The van der Waals surface area contributed by atoms with Gasteiger partial charge in [-0.3, -0.25) is 9.69 Å². The molecule has 6 nitrogen and oxygen atoms in total. The van der Waals surface area contributed by atoms with E-state index in [-0.39, 0.29) is 11.7 Å². The summed E-state index contributed by atoms with van der Waals surface area (Å²) in [6.45, 7) is 2.25. The number of anilines is 1. The summed E-state index contributed by atoms with van der Waals surface area (Å²) in [6, 6.07) is 11.3. The second-order valence-corrected chi connectivity index (χ2v) is 6.72. The summed E-state index contributed by atoms with van der Waals surface area (Å²) >= 11 is 0. The first-order valence-electron chi connectivity index (χ1n) is 8.82. The number of carbonyl (C=O) groups is 1. The van der Waals surface area contributed by atoms with Gasteiger partial charge in [-0.1, -0.05) is 12.1 Å². The van der Waals surface area contributed by atoms with Crippen LogP contribution in [0.5, 0.6) is 0 Å². The van der Waals surface area contributed by atoms with Crippen molar-refractivity contribution in [3.8, 4) is 6.07 Å². The number of amides is 1. The number of hydrogen-bond donors (Lipinski definition) is 0. The smallest absolute Gasteiger partial charge is 0.244 e. The van der Waals surface area contributed by atoms with Gasteiger partial charge >= 0.3 is 0 Å². The maximum atomic E-state index is 13.6. The van der Waals surface area contributed by atoms with Gasteiger partial charge < -0.3 is 9.80 Å². The van der Waals surface area contributed by atoms with Crippen molar-refractivity contribution in [2.24, 2.45) is 0 Å². The molecular formula is C20H22FN5O. The quantitative estimate of drug-likeness (QED) is 0.828. The molecule has 2 heterocycles. The van der Waals surface area contributed by atoms with E-state index in [9.17, 15) is 14.4 Å². The van der Waals surface area contributed by atoms with Gasteiger partial charge in [0.05, 0.1) is 5.56 Å². The van der Waals surface area contributed by atoms with Crippen LogP contribution in [0, 0.1) is 17.1 Å². The molecule has 0 bridgehead atoms. The van der Waals surface area contributed by atoms with Crippen LogP contribution in [-0.4, -0.2) is 61.0 Å². The van der Waals surface area contributed by atoms with Crippen LogP contribution in [0.2, 0.25) is 0 Å². The lowest BCUT2D eigenvalue weighted by atomic mass is 10.0. The van der Waals surface area contributed by atoms with E-state index in [0.717, 1.165) is 0 Å². The predicted octanol–water partition coefficient (Wildman–Crippen LogP) is 2.04. The minimum atomic E-state index is -0.531. The molecule has 3 rings (SSSR count). The zero-order chi connectivity index (χ0) is 19.4. The molecule has 1 aromatic carbocycles. The van der Waals surface area contributed by atoms with Crippen molar-refractivity contribution < 1.29 is 9.18 Å². The van der Waals surface area contributed by atoms with Crippen molar-refractivity contribution in [3.63, 3.8) is 0 Å². The van der Waals surface area contributed by atoms with Crippen LogP contribution >= 0.6 is 0 Å². The van der Waals surface area contributed by atoms with Gasteiger partial charge in [0, 0.05) is 32.4 Å². The molecule has 27 heavy (non-hydrogen) atoms. The number of halogens is 1. The third-order valence-corrected chi connectivity index (χ3v) is 4.71. The molecule has 1 fully saturated rings. The van der Waals surface area contributed by atoms with E-state index in [0.29, 0.717) is 43.1 Å². The highest BCUT2D eigenvalue weighted by molar-refractivity contribution is 5.83. The molecule has 0 spiro atoms. The standard InChI is InChI=1S/C20H22FN5O/c1-24(2)18(15-5-3-7-17(21)13-15)20(27)26-11-9-25(10-12-26)19-16(14-22)6-4-8-23-19/h3-8,13,18H,9-12H2,1-2H3. The highest BCUT2D eigenvalue weighted by Crippen LogP contribution is 2.24. The van der Waals surface area contributed by atoms with E-state index in [2.05, 4.69) is 11.1 Å². The average molecular weight is 367 g/mol. The van der Waals surface area contributed by atoms with Gasteiger partial charge in [-0.05, 0) is 43.9 Å². The number of likely N-dealkylation sites (N-methyl/N-ethyl adjacent to an activating group) is 1. The Morgan fingerprint density at radius 2 is 1.96 bits per heavy atom. The number of pyridine rings is 1. The Morgan fingerprint density at radius 3 is 2.59 bits per heavy atom. The Labute approximate surface area is 158 Å². The molecule has 1 saturated heterocycles. The molecule has 1 amide bonds. The van der Waals surface area contributed by atoms with Crippen molar-refractivity contribution in [3.05, 3.63) is 59.5 Å². The predicted molar refractivity (Wildman–Crippen MR) is 101 cm³/mol. The molecule has 0 radical (unpaired) electrons. The molecular weight excluding hydrogens is 345 g/mol. The molecule has 1 aromatic heterocycles. The fourth-order valence-electron chi connectivity index (χ4n) is 3.39. The van der Waals surface area contributed by atoms with E-state index in [1.807, 2.05) is 19.0 Å². The van der Waals surface area contributed by atoms with Gasteiger partial charge in [0.15, 0.2) is 0 Å². The van der Waals surface area contributed by atoms with Gasteiger partial charge in [-0.15, -0.1) is 0 Å². The van der Waals surface area contributed by atoms with Crippen LogP contribution in [0.4, 0.5) is 10.2 Å². The number of hydrogen-bond acceptors (Lipinski definition) is 5. The summed E-state index contributed by atoms with van der Waals surface area (Å²) in [7, 11) is 3.63. The second-order valence-electron chi connectivity index (χ2n) is 6.72. The Kier molecular flexibility index (Phi) is 5.67. The van der Waals surface area contributed by atoms with E-state index in [4.69, 9.17) is 0 Å². The van der Waals surface area contributed by atoms with Crippen LogP contribution in [0.25, 0.3) is 0 Å². The summed E-state index contributed by atoms with van der Waals surface area (Å²) in [4.78, 5) is 23.0. The molecule has 0 aliphatic carbocycles. The summed E-state index contributed by atoms with van der Waals surface area (Å²) < 4.78 is 13.6. The Bertz CT molecular complexity index is 855. The molecule has 0 saturated carbocycles. The van der Waals surface area contributed by atoms with Gasteiger partial charge in [-0.25, -0.2) is 9.37 Å². The van der Waals surface area contributed by atoms with E-state index >= 15 is 0 Å². The maximum Gasteiger partial charge on any atom is 0.244 e. The van der Waals surface area contributed by atoms with Gasteiger partial charge in [0.25, 0.3) is 0 Å². The van der Waals surface area contributed by atoms with E-state index in [1.54, 1.807) is 40.3 Å². The van der Waals surface area contributed by atoms with Crippen molar-refractivity contribution >= 4 is 11.7 Å². The molecule has 7 heteroatoms. The lowest BCUT2D eigenvalue weighted by molar-refractivity contribution is -0.136. The normalized spacial score (nSPS) is 15.5. The summed E-state index contributed by atoms with van der Waals surface area (Å²) in [5, 5.41) is 9.25. The third-order valence-electron chi connectivity index (χ3n) is 4.71. The summed E-state index contributed by atoms with van der Waals surface area (Å²) in [5.41, 5.74) is 1.17. The first kappa shape index (κ1) is 18.8. The second kappa shape index (κ2) is 8.14. The zero-order valence-corrected chi connectivity index (χ0v) is 15.5. The topological polar surface area (TPSA) is 63.5 Å². The summed E-state index contributed by atoms with van der Waals surface area (Å²) in [6.07, 6.45) is 1.67. The minimum absolute atomic E-state index is 0.0493. The van der Waals surface area contributed by atoms with Crippen molar-refractivity contribution in [1.29, 1.82) is 5.26 Å². The Morgan fingerprint density at radius 1 is 1.22 bits per heavy atom. The number of nitriles is 1. The number of carbonyl (C=O) groups excluding carboxylic acids is 1. The third kappa shape index (κ3) is 4.07. The Hall–Kier alpha value is -2.98. The SMILES string of the molecule is CN(C)C(C(=O)N1CCN(c2ncccc2C#N)CC1)c1cccc(F)c1. The highest BCUT2D eigenvalue weighted by Gasteiger charge is 2.31. The van der Waals surface area contributed by atoms with Crippen LogP contribution < -0.4 is 4.90 Å². The van der Waals surface area contributed by atoms with E-state index < -0.39 is 6.04 Å². The largest absolute Gasteiger partial charge is 0.352 e. The van der Waals surface area contributed by atoms with Crippen LogP contribution in [0.1, 0.15) is 17.2 Å². The fourth-order valence-corrected chi connectivity index (χ4v) is 3.39. The molecule has 1 unspecified atom stereocenters. The van der Waals surface area contributed by atoms with Gasteiger partial charge in [-0.2, -0.15) is 5.26 Å². The van der Waals surface area contributed by atoms with Gasteiger partial charge in [0.2, 0.25) is 5.91 Å². The van der Waals surface area contributed by atoms with Crippen LogP contribution in [-0.2, 0) is 4.79 Å². The molecule has 1 aliphatic heterocycles. The Balaban J connectivity index is 1.73. The first-order valence-corrected chi connectivity index (χ1v) is 8.82. The molecule has 140 valence electrons. The number of benzene rings is 1. The zero-order valence-electron chi connectivity index (χ0n) is 15.5. The maximum absolute atomic E-state index is 13.6. The molecule has 2 aromatic rings. The number of piperazine rings is 1. The van der Waals surface area contributed by atoms with E-state index in [1.165, 1.54) is 12.1 Å². The van der Waals surface area contributed by atoms with Crippen molar-refractivity contribution in [2.45, 2.75) is 6.04 Å². The number of rotatable bonds is 4. The number of nitrogens with zero attached hydrogens (tertiary/aromatic N) is 5. The van der Waals surface area contributed by atoms with Crippen molar-refractivity contribution in [1.82, 2.24) is 14.8 Å². The lowest BCUT2D eigenvalue weighted by Gasteiger charge is -2.38. The van der Waals surface area contributed by atoms with Gasteiger partial charge in [0.1, 0.15) is 23.7 Å². The minimum Gasteiger partial charge on any atom is -0.352 e. The highest BCUT2D eigenvalue weighted by atomic mass is 19.1. The molecule has 1 aliphatic rings. The monoisotopic (exact) mass is 367 g/mol. The summed E-state index contributed by atoms with van der Waals surface area (Å²) in [5.74, 6) is 0.254. The number of aromatic nitrogens is 1. The van der Waals surface area contributed by atoms with Crippen LogP contribution in [0.3, 0.4) is 0 Å². The fraction of sp³-hybridized carbons (Fsp3) is 0.350. The molecule has 1 atom stereocenters. The molecule has 0 N–H and O–H groups in total. The average Bonchev–Trinajstić information content (AvgIpc) is 2.68. The van der Waals surface area contributed by atoms with Crippen LogP contribution in [0.15, 0.2) is 42.6 Å². The van der Waals surface area contributed by atoms with Crippen molar-refractivity contribution in [2.75, 3.05) is 45.2 Å². The lowest BCUT2D eigenvalue weighted by Crippen LogP contribution is -2.51.